The minimum atomic E-state index is -3.41. The van der Waals surface area contributed by atoms with Crippen LogP contribution in [-0.4, -0.2) is 73.4 Å². The average Bonchev–Trinajstić information content (AvgIpc) is 2.62. The molecule has 1 heterocycles. The van der Waals surface area contributed by atoms with Crippen LogP contribution >= 0.6 is 11.6 Å². The van der Waals surface area contributed by atoms with E-state index < -0.39 is 26.6 Å². The van der Waals surface area contributed by atoms with E-state index in [1.165, 1.54) is 23.4 Å². The molecule has 158 valence electrons. The molecule has 1 aliphatic carbocycles. The van der Waals surface area contributed by atoms with Gasteiger partial charge in [0.2, 0.25) is 21.8 Å². The maximum absolute atomic E-state index is 12.5. The van der Waals surface area contributed by atoms with Crippen LogP contribution in [0.4, 0.5) is 0 Å². The third-order valence-corrected chi connectivity index (χ3v) is 8.39. The van der Waals surface area contributed by atoms with Crippen molar-refractivity contribution >= 4 is 33.4 Å². The van der Waals surface area contributed by atoms with Gasteiger partial charge in [-0.15, -0.1) is 11.6 Å². The highest BCUT2D eigenvalue weighted by Gasteiger charge is 2.39. The first-order valence-electron chi connectivity index (χ1n) is 9.34. The van der Waals surface area contributed by atoms with Crippen LogP contribution in [0.2, 0.25) is 0 Å². The SMILES string of the molecule is CC1CCC(NC(=O)CN2NCC(Cl)C(CC#N)C2=O)CC1S(=O)(=O)N(C)C. The number of hydrazine groups is 1. The molecule has 1 aliphatic heterocycles. The molecule has 28 heavy (non-hydrogen) atoms. The van der Waals surface area contributed by atoms with Crippen molar-refractivity contribution in [1.82, 2.24) is 20.1 Å². The molecule has 9 nitrogen and oxygen atoms in total. The second kappa shape index (κ2) is 9.39. The first kappa shape index (κ1) is 22.9. The van der Waals surface area contributed by atoms with Crippen molar-refractivity contribution in [3.63, 3.8) is 0 Å². The lowest BCUT2D eigenvalue weighted by atomic mass is 9.87. The predicted molar refractivity (Wildman–Crippen MR) is 104 cm³/mol. The highest BCUT2D eigenvalue weighted by molar-refractivity contribution is 7.89. The van der Waals surface area contributed by atoms with Crippen LogP contribution in [0.5, 0.6) is 0 Å². The van der Waals surface area contributed by atoms with Crippen LogP contribution in [0.3, 0.4) is 0 Å². The van der Waals surface area contributed by atoms with Crippen LogP contribution in [0.1, 0.15) is 32.6 Å². The minimum Gasteiger partial charge on any atom is -0.352 e. The molecular formula is C17H28ClN5O4S. The van der Waals surface area contributed by atoms with E-state index in [9.17, 15) is 18.0 Å². The number of rotatable bonds is 6. The Labute approximate surface area is 171 Å². The molecule has 2 N–H and O–H groups in total. The normalized spacial score (nSPS) is 31.5. The zero-order valence-electron chi connectivity index (χ0n) is 16.4. The molecule has 5 unspecified atom stereocenters. The van der Waals surface area contributed by atoms with Crippen LogP contribution in [0, 0.1) is 23.2 Å². The van der Waals surface area contributed by atoms with Gasteiger partial charge in [-0.1, -0.05) is 6.92 Å². The second-order valence-corrected chi connectivity index (χ2v) is 10.6. The lowest BCUT2D eigenvalue weighted by molar-refractivity contribution is -0.145. The van der Waals surface area contributed by atoms with Crippen LogP contribution < -0.4 is 10.7 Å². The smallest absolute Gasteiger partial charge is 0.242 e. The molecule has 2 fully saturated rings. The van der Waals surface area contributed by atoms with Crippen molar-refractivity contribution in [2.45, 2.75) is 49.3 Å². The summed E-state index contributed by atoms with van der Waals surface area (Å²) in [6, 6.07) is 1.68. The molecule has 2 aliphatic rings. The van der Waals surface area contributed by atoms with Gasteiger partial charge >= 0.3 is 0 Å². The Balaban J connectivity index is 1.96. The Hall–Kier alpha value is -1.41. The second-order valence-electron chi connectivity index (χ2n) is 7.69. The van der Waals surface area contributed by atoms with E-state index >= 15 is 0 Å². The molecule has 0 radical (unpaired) electrons. The van der Waals surface area contributed by atoms with Crippen molar-refractivity contribution in [2.24, 2.45) is 11.8 Å². The molecular weight excluding hydrogens is 406 g/mol. The number of sulfonamides is 1. The number of carbonyl (C=O) groups excluding carboxylic acids is 2. The Morgan fingerprint density at radius 2 is 2.11 bits per heavy atom. The van der Waals surface area contributed by atoms with E-state index in [1.807, 2.05) is 13.0 Å². The number of amides is 2. The van der Waals surface area contributed by atoms with Gasteiger partial charge in [0, 0.05) is 33.1 Å². The number of hydrogen-bond donors (Lipinski definition) is 2. The first-order chi connectivity index (χ1) is 13.1. The van der Waals surface area contributed by atoms with E-state index in [0.717, 1.165) is 0 Å². The van der Waals surface area contributed by atoms with E-state index in [1.54, 1.807) is 0 Å². The predicted octanol–water partition coefficient (Wildman–Crippen LogP) is 0.0353. The molecule has 2 rings (SSSR count). The van der Waals surface area contributed by atoms with Gasteiger partial charge in [0.15, 0.2) is 0 Å². The maximum Gasteiger partial charge on any atom is 0.242 e. The zero-order chi connectivity index (χ0) is 21.1. The van der Waals surface area contributed by atoms with E-state index in [2.05, 4.69) is 10.7 Å². The lowest BCUT2D eigenvalue weighted by Crippen LogP contribution is -2.59. The number of hydrogen-bond acceptors (Lipinski definition) is 6. The van der Waals surface area contributed by atoms with Crippen molar-refractivity contribution in [3.05, 3.63) is 0 Å². The van der Waals surface area contributed by atoms with Crippen molar-refractivity contribution < 1.29 is 18.0 Å². The van der Waals surface area contributed by atoms with E-state index in [4.69, 9.17) is 16.9 Å². The minimum absolute atomic E-state index is 0.00259. The van der Waals surface area contributed by atoms with Gasteiger partial charge in [-0.2, -0.15) is 5.26 Å². The molecule has 1 saturated heterocycles. The summed E-state index contributed by atoms with van der Waals surface area (Å²) in [6.07, 6.45) is 1.73. The van der Waals surface area contributed by atoms with Crippen molar-refractivity contribution in [2.75, 3.05) is 27.2 Å². The summed E-state index contributed by atoms with van der Waals surface area (Å²) in [4.78, 5) is 24.9. The third kappa shape index (κ3) is 5.14. The van der Waals surface area contributed by atoms with Crippen LogP contribution in [0.25, 0.3) is 0 Å². The number of nitrogens with zero attached hydrogens (tertiary/aromatic N) is 3. The molecule has 0 spiro atoms. The highest BCUT2D eigenvalue weighted by atomic mass is 35.5. The van der Waals surface area contributed by atoms with Gasteiger partial charge in [0.05, 0.1) is 22.6 Å². The highest BCUT2D eigenvalue weighted by Crippen LogP contribution is 2.30. The summed E-state index contributed by atoms with van der Waals surface area (Å²) in [5, 5.41) is 11.9. The summed E-state index contributed by atoms with van der Waals surface area (Å²) < 4.78 is 26.3. The molecule has 0 aromatic heterocycles. The fourth-order valence-electron chi connectivity index (χ4n) is 3.73. The summed E-state index contributed by atoms with van der Waals surface area (Å²) in [7, 11) is -0.387. The van der Waals surface area contributed by atoms with Crippen LogP contribution in [0.15, 0.2) is 0 Å². The standard InChI is InChI=1S/C17H28ClN5O4S/c1-11-4-5-12(8-15(11)28(26,27)22(2)3)21-16(24)10-23-17(25)13(6-7-19)14(18)9-20-23/h11-15,20H,4-6,8-10H2,1-3H3,(H,21,24). The van der Waals surface area contributed by atoms with Gasteiger partial charge < -0.3 is 5.32 Å². The third-order valence-electron chi connectivity index (χ3n) is 5.49. The van der Waals surface area contributed by atoms with Crippen molar-refractivity contribution in [3.8, 4) is 6.07 Å². The summed E-state index contributed by atoms with van der Waals surface area (Å²) in [5.41, 5.74) is 2.81. The molecule has 0 aromatic carbocycles. The van der Waals surface area contributed by atoms with Crippen molar-refractivity contribution in [1.29, 1.82) is 5.26 Å². The van der Waals surface area contributed by atoms with Gasteiger partial charge in [-0.3, -0.25) is 14.6 Å². The molecule has 0 aromatic rings. The van der Waals surface area contributed by atoms with E-state index in [0.29, 0.717) is 19.3 Å². The molecule has 11 heteroatoms. The zero-order valence-corrected chi connectivity index (χ0v) is 18.0. The average molecular weight is 434 g/mol. The fraction of sp³-hybridized carbons (Fsp3) is 0.824. The van der Waals surface area contributed by atoms with Gasteiger partial charge in [-0.25, -0.2) is 18.1 Å². The largest absolute Gasteiger partial charge is 0.352 e. The van der Waals surface area contributed by atoms with Gasteiger partial charge in [0.1, 0.15) is 6.54 Å². The number of alkyl halides is 1. The summed E-state index contributed by atoms with van der Waals surface area (Å²) in [6.45, 7) is 2.00. The topological polar surface area (TPSA) is 123 Å². The van der Waals surface area contributed by atoms with Gasteiger partial charge in [-0.05, 0) is 25.2 Å². The quantitative estimate of drug-likeness (QED) is 0.570. The summed E-state index contributed by atoms with van der Waals surface area (Å²) in [5.74, 6) is -1.39. The molecule has 5 atom stereocenters. The lowest BCUT2D eigenvalue weighted by Gasteiger charge is -2.37. The monoisotopic (exact) mass is 433 g/mol. The molecule has 0 bridgehead atoms. The Morgan fingerprint density at radius 1 is 1.43 bits per heavy atom. The molecule has 1 saturated carbocycles. The number of nitrogens with one attached hydrogen (secondary N) is 2. The number of nitriles is 1. The van der Waals surface area contributed by atoms with E-state index in [-0.39, 0.29) is 43.3 Å². The maximum atomic E-state index is 12.5. The summed E-state index contributed by atoms with van der Waals surface area (Å²) >= 11 is 6.09. The number of carbonyl (C=O) groups is 2. The first-order valence-corrected chi connectivity index (χ1v) is 11.3. The fourth-order valence-corrected chi connectivity index (χ4v) is 5.74. The Bertz CT molecular complexity index is 738. The Morgan fingerprint density at radius 3 is 2.71 bits per heavy atom. The number of halogens is 1. The Kier molecular flexibility index (Phi) is 7.67. The van der Waals surface area contributed by atoms with Gasteiger partial charge in [0.25, 0.3) is 0 Å². The molecule has 2 amide bonds. The van der Waals surface area contributed by atoms with Crippen LogP contribution in [-0.2, 0) is 19.6 Å².